The minimum atomic E-state index is -0.447. The van der Waals surface area contributed by atoms with E-state index >= 15 is 0 Å². The van der Waals surface area contributed by atoms with Crippen molar-refractivity contribution in [3.8, 4) is 0 Å². The van der Waals surface area contributed by atoms with Gasteiger partial charge in [-0.15, -0.1) is 0 Å². The van der Waals surface area contributed by atoms with E-state index in [2.05, 4.69) is 0 Å². The molecule has 2 unspecified atom stereocenters. The Morgan fingerprint density at radius 3 is 2.95 bits per heavy atom. The SMILES string of the molecule is NC(=O)N1c2ccccc2C2OC2=C2C=CC=CC21. The van der Waals surface area contributed by atoms with Crippen molar-refractivity contribution in [2.24, 2.45) is 5.73 Å². The maximum atomic E-state index is 11.9. The number of epoxide rings is 1. The molecule has 4 rings (SSSR count). The fourth-order valence-corrected chi connectivity index (χ4v) is 2.84. The number of carbonyl (C=O) groups is 1. The molecule has 4 nitrogen and oxygen atoms in total. The van der Waals surface area contributed by atoms with Crippen LogP contribution in [0.25, 0.3) is 0 Å². The molecule has 1 fully saturated rings. The molecule has 1 saturated heterocycles. The molecule has 0 radical (unpaired) electrons. The Balaban J connectivity index is 1.97. The quantitative estimate of drug-likeness (QED) is 0.721. The third-order valence-corrected chi connectivity index (χ3v) is 3.70. The third-order valence-electron chi connectivity index (χ3n) is 3.70. The van der Waals surface area contributed by atoms with Gasteiger partial charge in [0.1, 0.15) is 5.76 Å². The molecule has 19 heavy (non-hydrogen) atoms. The number of nitrogens with zero attached hydrogens (tertiary/aromatic N) is 1. The van der Waals surface area contributed by atoms with Crippen molar-refractivity contribution in [3.05, 3.63) is 65.5 Å². The third kappa shape index (κ3) is 1.37. The lowest BCUT2D eigenvalue weighted by molar-refractivity contribution is 0.253. The van der Waals surface area contributed by atoms with Crippen molar-refractivity contribution < 1.29 is 9.53 Å². The topological polar surface area (TPSA) is 58.9 Å². The number of carbonyl (C=O) groups excluding carboxylic acids is 1. The maximum absolute atomic E-state index is 11.9. The lowest BCUT2D eigenvalue weighted by Crippen LogP contribution is -2.44. The minimum absolute atomic E-state index is 0.0331. The summed E-state index contributed by atoms with van der Waals surface area (Å²) >= 11 is 0. The van der Waals surface area contributed by atoms with Gasteiger partial charge in [-0.1, -0.05) is 42.5 Å². The maximum Gasteiger partial charge on any atom is 0.320 e. The van der Waals surface area contributed by atoms with Crippen LogP contribution in [0.1, 0.15) is 11.7 Å². The van der Waals surface area contributed by atoms with Crippen LogP contribution in [-0.2, 0) is 4.74 Å². The van der Waals surface area contributed by atoms with Gasteiger partial charge in [0.05, 0.1) is 11.7 Å². The van der Waals surface area contributed by atoms with Crippen molar-refractivity contribution in [2.75, 3.05) is 4.90 Å². The molecular weight excluding hydrogens is 240 g/mol. The molecule has 3 aliphatic rings. The van der Waals surface area contributed by atoms with Crippen LogP contribution in [0.4, 0.5) is 10.5 Å². The molecule has 1 aromatic rings. The molecule has 2 N–H and O–H groups in total. The van der Waals surface area contributed by atoms with E-state index < -0.39 is 6.03 Å². The molecule has 4 heteroatoms. The van der Waals surface area contributed by atoms with Gasteiger partial charge in [-0.2, -0.15) is 0 Å². The standard InChI is InChI=1S/C15H12N2O2/c16-15(18)17-11-7-3-1-5-9(11)13-14(19-13)10-6-2-4-8-12(10)17/h1-8,11,14H,(H2,16,18). The van der Waals surface area contributed by atoms with Crippen molar-refractivity contribution in [1.82, 2.24) is 0 Å². The average Bonchev–Trinajstić information content (AvgIpc) is 3.19. The van der Waals surface area contributed by atoms with Gasteiger partial charge in [0, 0.05) is 11.1 Å². The van der Waals surface area contributed by atoms with Crippen LogP contribution in [0.15, 0.2) is 59.9 Å². The Morgan fingerprint density at radius 1 is 1.26 bits per heavy atom. The number of hydrogen-bond acceptors (Lipinski definition) is 2. The first-order valence-electron chi connectivity index (χ1n) is 6.20. The molecular formula is C15H12N2O2. The monoisotopic (exact) mass is 252 g/mol. The second-order valence-corrected chi connectivity index (χ2v) is 4.77. The van der Waals surface area contributed by atoms with E-state index in [1.54, 1.807) is 4.90 Å². The molecule has 2 aliphatic heterocycles. The Bertz CT molecular complexity index is 672. The number of benzene rings is 1. The van der Waals surface area contributed by atoms with Gasteiger partial charge in [0.2, 0.25) is 0 Å². The van der Waals surface area contributed by atoms with Crippen molar-refractivity contribution >= 4 is 11.7 Å². The summed E-state index contributed by atoms with van der Waals surface area (Å²) < 4.78 is 5.70. The van der Waals surface area contributed by atoms with Crippen LogP contribution in [0.5, 0.6) is 0 Å². The fraction of sp³-hybridized carbons (Fsp3) is 0.133. The van der Waals surface area contributed by atoms with E-state index in [4.69, 9.17) is 10.5 Å². The zero-order chi connectivity index (χ0) is 13.0. The highest BCUT2D eigenvalue weighted by Gasteiger charge is 2.46. The molecule has 0 bridgehead atoms. The van der Waals surface area contributed by atoms with Crippen LogP contribution in [-0.4, -0.2) is 12.1 Å². The highest BCUT2D eigenvalue weighted by molar-refractivity contribution is 5.94. The lowest BCUT2D eigenvalue weighted by Gasteiger charge is -2.30. The number of urea groups is 1. The van der Waals surface area contributed by atoms with Crippen LogP contribution in [0.2, 0.25) is 0 Å². The first-order valence-corrected chi connectivity index (χ1v) is 6.20. The summed E-state index contributed by atoms with van der Waals surface area (Å²) in [7, 11) is 0. The average molecular weight is 252 g/mol. The van der Waals surface area contributed by atoms with Crippen LogP contribution < -0.4 is 10.6 Å². The Labute approximate surface area is 110 Å². The Kier molecular flexibility index (Phi) is 1.93. The highest BCUT2D eigenvalue weighted by atomic mass is 16.6. The van der Waals surface area contributed by atoms with Gasteiger partial charge in [-0.3, -0.25) is 4.90 Å². The summed E-state index contributed by atoms with van der Waals surface area (Å²) in [6.07, 6.45) is 7.80. The number of fused-ring (bicyclic) bond motifs is 4. The van der Waals surface area contributed by atoms with Gasteiger partial charge in [-0.25, -0.2) is 4.79 Å². The van der Waals surface area contributed by atoms with Gasteiger partial charge in [-0.05, 0) is 6.07 Å². The predicted molar refractivity (Wildman–Crippen MR) is 71.4 cm³/mol. The number of anilines is 1. The summed E-state index contributed by atoms with van der Waals surface area (Å²) in [6, 6.07) is 7.12. The smallest absolute Gasteiger partial charge is 0.320 e. The summed E-state index contributed by atoms with van der Waals surface area (Å²) in [4.78, 5) is 13.5. The van der Waals surface area contributed by atoms with Crippen molar-refractivity contribution in [3.63, 3.8) is 0 Å². The van der Waals surface area contributed by atoms with Crippen molar-refractivity contribution in [2.45, 2.75) is 12.1 Å². The number of primary amides is 1. The lowest BCUT2D eigenvalue weighted by atomic mass is 10.0. The number of allylic oxidation sites excluding steroid dienone is 2. The molecule has 1 aromatic carbocycles. The number of ether oxygens (including phenoxy) is 1. The van der Waals surface area contributed by atoms with E-state index in [9.17, 15) is 4.79 Å². The van der Waals surface area contributed by atoms with E-state index in [1.165, 1.54) is 0 Å². The van der Waals surface area contributed by atoms with Crippen molar-refractivity contribution in [1.29, 1.82) is 0 Å². The Morgan fingerprint density at radius 2 is 2.11 bits per heavy atom. The van der Waals surface area contributed by atoms with Gasteiger partial charge >= 0.3 is 6.03 Å². The van der Waals surface area contributed by atoms with E-state index in [0.29, 0.717) is 0 Å². The highest BCUT2D eigenvalue weighted by Crippen LogP contribution is 2.52. The second-order valence-electron chi connectivity index (χ2n) is 4.77. The first kappa shape index (κ1) is 10.4. The van der Waals surface area contributed by atoms with Crippen LogP contribution in [0.3, 0.4) is 0 Å². The minimum Gasteiger partial charge on any atom is -0.477 e. The van der Waals surface area contributed by atoms with Crippen LogP contribution in [0, 0.1) is 0 Å². The summed E-state index contributed by atoms with van der Waals surface area (Å²) in [5.74, 6) is 0.946. The molecule has 2 atom stereocenters. The van der Waals surface area contributed by atoms with Crippen LogP contribution >= 0.6 is 0 Å². The molecule has 0 saturated carbocycles. The summed E-state index contributed by atoms with van der Waals surface area (Å²) in [5.41, 5.74) is 8.43. The fourth-order valence-electron chi connectivity index (χ4n) is 2.84. The molecule has 2 amide bonds. The number of amides is 2. The normalized spacial score (nSPS) is 26.0. The largest absolute Gasteiger partial charge is 0.477 e. The van der Waals surface area contributed by atoms with E-state index in [1.807, 2.05) is 48.6 Å². The van der Waals surface area contributed by atoms with E-state index in [0.717, 1.165) is 22.6 Å². The van der Waals surface area contributed by atoms with Gasteiger partial charge in [0.15, 0.2) is 6.10 Å². The number of rotatable bonds is 0. The molecule has 0 spiro atoms. The molecule has 1 aliphatic carbocycles. The Hall–Kier alpha value is -2.49. The first-order chi connectivity index (χ1) is 9.27. The zero-order valence-electron chi connectivity index (χ0n) is 10.1. The number of hydrogen-bond donors (Lipinski definition) is 1. The second kappa shape index (κ2) is 3.51. The molecule has 94 valence electrons. The summed E-state index contributed by atoms with van der Waals surface area (Å²) in [6.45, 7) is 0. The predicted octanol–water partition coefficient (Wildman–Crippen LogP) is 2.41. The number of nitrogens with two attached hydrogens (primary N) is 1. The molecule has 0 aromatic heterocycles. The van der Waals surface area contributed by atoms with E-state index in [-0.39, 0.29) is 12.1 Å². The van der Waals surface area contributed by atoms with Gasteiger partial charge in [0.25, 0.3) is 0 Å². The summed E-state index contributed by atoms with van der Waals surface area (Å²) in [5, 5.41) is 0. The molecule has 2 heterocycles. The number of para-hydroxylation sites is 1. The van der Waals surface area contributed by atoms with Gasteiger partial charge < -0.3 is 10.5 Å². The zero-order valence-corrected chi connectivity index (χ0v) is 10.1.